The number of carbonyl (C=O) groups excluding carboxylic acids is 1. The summed E-state index contributed by atoms with van der Waals surface area (Å²) in [6.07, 6.45) is -1.07. The number of β-amino-alcohol motifs (C(OH)–C–C–N with tert-alkyl or cyclic N) is 1. The molecule has 1 aromatic heterocycles. The van der Waals surface area contributed by atoms with Crippen molar-refractivity contribution >= 4 is 27.9 Å². The van der Waals surface area contributed by atoms with Crippen molar-refractivity contribution < 1.29 is 23.1 Å². The summed E-state index contributed by atoms with van der Waals surface area (Å²) in [5.74, 6) is -1.05. The number of nitrogens with zero attached hydrogens (tertiary/aromatic N) is 4. The lowest BCUT2D eigenvalue weighted by atomic mass is 10.1. The fourth-order valence-corrected chi connectivity index (χ4v) is 4.74. The van der Waals surface area contributed by atoms with Gasteiger partial charge < -0.3 is 21.3 Å². The lowest BCUT2D eigenvalue weighted by Crippen LogP contribution is -2.41. The summed E-state index contributed by atoms with van der Waals surface area (Å²) in [7, 11) is -4.01. The largest absolute Gasteiger partial charge is 0.456 e. The zero-order valence-electron chi connectivity index (χ0n) is 15.9. The van der Waals surface area contributed by atoms with Gasteiger partial charge in [-0.2, -0.15) is 19.3 Å². The highest BCUT2D eigenvalue weighted by atomic mass is 32.2. The quantitative estimate of drug-likeness (QED) is 0.534. The first-order valence-electron chi connectivity index (χ1n) is 8.77. The number of carbonyl (C=O) groups is 1. The van der Waals surface area contributed by atoms with Crippen molar-refractivity contribution in [3.05, 3.63) is 35.2 Å². The Kier molecular flexibility index (Phi) is 5.68. The van der Waals surface area contributed by atoms with Crippen LogP contribution in [0.4, 0.5) is 11.9 Å². The van der Waals surface area contributed by atoms with E-state index in [2.05, 4.69) is 15.0 Å². The summed E-state index contributed by atoms with van der Waals surface area (Å²) in [6.45, 7) is 3.10. The highest BCUT2D eigenvalue weighted by Crippen LogP contribution is 2.28. The summed E-state index contributed by atoms with van der Waals surface area (Å²) < 4.78 is 32.2. The monoisotopic (exact) mass is 422 g/mol. The van der Waals surface area contributed by atoms with Crippen LogP contribution in [0.15, 0.2) is 23.1 Å². The van der Waals surface area contributed by atoms with Gasteiger partial charge in [-0.15, -0.1) is 0 Å². The summed E-state index contributed by atoms with van der Waals surface area (Å²) in [4.78, 5) is 23.8. The van der Waals surface area contributed by atoms with Crippen LogP contribution in [0.2, 0.25) is 0 Å². The number of aromatic nitrogens is 3. The molecule has 0 radical (unpaired) electrons. The molecule has 2 aromatic rings. The van der Waals surface area contributed by atoms with Crippen LogP contribution in [0, 0.1) is 13.8 Å². The topological polar surface area (TPSA) is 175 Å². The Hall–Kier alpha value is -2.83. The van der Waals surface area contributed by atoms with Gasteiger partial charge in [0.2, 0.25) is 21.9 Å². The minimum Gasteiger partial charge on any atom is -0.456 e. The first-order chi connectivity index (χ1) is 13.6. The molecular weight excluding hydrogens is 400 g/mol. The molecule has 29 heavy (non-hydrogen) atoms. The molecule has 1 fully saturated rings. The number of ether oxygens (including phenoxy) is 1. The van der Waals surface area contributed by atoms with E-state index >= 15 is 0 Å². The van der Waals surface area contributed by atoms with Gasteiger partial charge in [0.1, 0.15) is 6.04 Å². The van der Waals surface area contributed by atoms with Crippen LogP contribution in [0.5, 0.6) is 0 Å². The van der Waals surface area contributed by atoms with Crippen molar-refractivity contribution in [1.29, 1.82) is 0 Å². The second-order valence-electron chi connectivity index (χ2n) is 6.80. The van der Waals surface area contributed by atoms with Crippen molar-refractivity contribution in [2.75, 3.05) is 18.0 Å². The predicted molar refractivity (Wildman–Crippen MR) is 103 cm³/mol. The first kappa shape index (κ1) is 20.9. The Morgan fingerprint density at radius 2 is 1.86 bits per heavy atom. The molecule has 0 bridgehead atoms. The molecule has 1 aromatic carbocycles. The third-order valence-corrected chi connectivity index (χ3v) is 6.52. The predicted octanol–water partition coefficient (Wildman–Crippen LogP) is -0.480. The number of aryl methyl sites for hydroxylation is 2. The second-order valence-corrected chi connectivity index (χ2v) is 8.69. The number of aliphatic hydroxyl groups is 1. The number of benzene rings is 1. The summed E-state index contributed by atoms with van der Waals surface area (Å²) in [5, 5.41) is 10.0. The van der Waals surface area contributed by atoms with E-state index in [0.717, 1.165) is 15.4 Å². The molecule has 0 amide bonds. The number of hydrogen-bond donors (Lipinski definition) is 3. The Morgan fingerprint density at radius 3 is 2.48 bits per heavy atom. The van der Waals surface area contributed by atoms with Crippen molar-refractivity contribution in [2.45, 2.75) is 43.9 Å². The van der Waals surface area contributed by atoms with Gasteiger partial charge in [0.15, 0.2) is 12.4 Å². The lowest BCUT2D eigenvalue weighted by molar-refractivity contribution is -0.149. The highest BCUT2D eigenvalue weighted by Gasteiger charge is 2.44. The molecule has 156 valence electrons. The molecule has 3 rings (SSSR count). The molecule has 12 heteroatoms. The fourth-order valence-electron chi connectivity index (χ4n) is 3.03. The first-order valence-corrected chi connectivity index (χ1v) is 10.2. The maximum Gasteiger partial charge on any atom is 0.325 e. The van der Waals surface area contributed by atoms with E-state index in [4.69, 9.17) is 16.2 Å². The molecule has 0 spiro atoms. The number of nitrogen functional groups attached to an aromatic ring is 2. The van der Waals surface area contributed by atoms with E-state index in [-0.39, 0.29) is 42.2 Å². The van der Waals surface area contributed by atoms with Crippen LogP contribution in [0.1, 0.15) is 23.4 Å². The van der Waals surface area contributed by atoms with Gasteiger partial charge in [-0.1, -0.05) is 6.07 Å². The summed E-state index contributed by atoms with van der Waals surface area (Å²) >= 11 is 0. The van der Waals surface area contributed by atoms with Crippen LogP contribution in [-0.2, 0) is 26.2 Å². The third kappa shape index (κ3) is 4.44. The van der Waals surface area contributed by atoms with Crippen LogP contribution >= 0.6 is 0 Å². The number of nitrogens with two attached hydrogens (primary N) is 2. The second kappa shape index (κ2) is 7.89. The smallest absolute Gasteiger partial charge is 0.325 e. The van der Waals surface area contributed by atoms with Crippen LogP contribution in [0.3, 0.4) is 0 Å². The minimum atomic E-state index is -4.01. The Balaban J connectivity index is 1.80. The molecule has 1 aliphatic heterocycles. The Bertz CT molecular complexity index is 1020. The van der Waals surface area contributed by atoms with Gasteiger partial charge >= 0.3 is 5.97 Å². The molecule has 11 nitrogen and oxygen atoms in total. The molecule has 0 saturated carbocycles. The SMILES string of the molecule is Cc1ccc(S(=O)(=O)N2CC(O)CC2C(=O)OCc2nc(N)nc(N)n2)cc1C. The summed E-state index contributed by atoms with van der Waals surface area (Å²) in [5.41, 5.74) is 12.7. The molecule has 2 atom stereocenters. The molecule has 5 N–H and O–H groups in total. The van der Waals surface area contributed by atoms with E-state index in [0.29, 0.717) is 0 Å². The van der Waals surface area contributed by atoms with Crippen molar-refractivity contribution in [3.63, 3.8) is 0 Å². The molecular formula is C17H22N6O5S. The zero-order chi connectivity index (χ0) is 21.3. The number of rotatable bonds is 5. The van der Waals surface area contributed by atoms with Gasteiger partial charge in [-0.05, 0) is 37.1 Å². The normalized spacial score (nSPS) is 20.0. The standard InChI is InChI=1S/C17H22N6O5S/c1-9-3-4-12(5-10(9)2)29(26,27)23-7-11(24)6-13(23)15(25)28-8-14-20-16(18)22-17(19)21-14/h3-5,11,13,24H,6-8H2,1-2H3,(H4,18,19,20,21,22). The van der Waals surface area contributed by atoms with E-state index in [1.165, 1.54) is 12.1 Å². The molecule has 2 heterocycles. The zero-order valence-corrected chi connectivity index (χ0v) is 16.8. The number of aliphatic hydroxyl groups excluding tert-OH is 1. The van der Waals surface area contributed by atoms with Crippen molar-refractivity contribution in [2.24, 2.45) is 0 Å². The van der Waals surface area contributed by atoms with E-state index in [1.807, 2.05) is 6.92 Å². The van der Waals surface area contributed by atoms with Crippen LogP contribution in [-0.4, -0.2) is 57.4 Å². The third-order valence-electron chi connectivity index (χ3n) is 4.65. The summed E-state index contributed by atoms with van der Waals surface area (Å²) in [6, 6.07) is 3.53. The lowest BCUT2D eigenvalue weighted by Gasteiger charge is -2.22. The molecule has 0 aliphatic carbocycles. The maximum atomic E-state index is 13.1. The van der Waals surface area contributed by atoms with Gasteiger partial charge in [0.25, 0.3) is 0 Å². The van der Waals surface area contributed by atoms with E-state index in [1.54, 1.807) is 13.0 Å². The minimum absolute atomic E-state index is 0.0328. The van der Waals surface area contributed by atoms with E-state index < -0.39 is 28.1 Å². The van der Waals surface area contributed by atoms with Gasteiger partial charge in [-0.25, -0.2) is 8.42 Å². The van der Waals surface area contributed by atoms with Gasteiger partial charge in [-0.3, -0.25) is 4.79 Å². The van der Waals surface area contributed by atoms with Crippen molar-refractivity contribution in [1.82, 2.24) is 19.3 Å². The van der Waals surface area contributed by atoms with E-state index in [9.17, 15) is 18.3 Å². The molecule has 1 aliphatic rings. The molecule has 2 unspecified atom stereocenters. The van der Waals surface area contributed by atoms with Crippen LogP contribution < -0.4 is 11.5 Å². The Labute approximate surface area is 167 Å². The number of esters is 1. The fraction of sp³-hybridized carbons (Fsp3) is 0.412. The van der Waals surface area contributed by atoms with Crippen LogP contribution in [0.25, 0.3) is 0 Å². The number of hydrogen-bond acceptors (Lipinski definition) is 10. The maximum absolute atomic E-state index is 13.1. The number of anilines is 2. The van der Waals surface area contributed by atoms with Gasteiger partial charge in [0.05, 0.1) is 11.0 Å². The average Bonchev–Trinajstić information content (AvgIpc) is 3.04. The highest BCUT2D eigenvalue weighted by molar-refractivity contribution is 7.89. The van der Waals surface area contributed by atoms with Crippen molar-refractivity contribution in [3.8, 4) is 0 Å². The van der Waals surface area contributed by atoms with Gasteiger partial charge in [0, 0.05) is 13.0 Å². The molecule has 1 saturated heterocycles. The Morgan fingerprint density at radius 1 is 1.21 bits per heavy atom. The number of sulfonamides is 1. The average molecular weight is 422 g/mol.